The molecule has 0 amide bonds. The smallest absolute Gasteiger partial charge is 0.153 e. The molecule has 20 heavy (non-hydrogen) atoms. The Bertz CT molecular complexity index is 648. The van der Waals surface area contributed by atoms with E-state index in [4.69, 9.17) is 4.74 Å². The molecule has 5 nitrogen and oxygen atoms in total. The highest BCUT2D eigenvalue weighted by molar-refractivity contribution is 7.19. The zero-order chi connectivity index (χ0) is 13.5. The van der Waals surface area contributed by atoms with Crippen LogP contribution in [0.15, 0.2) is 0 Å². The quantitative estimate of drug-likeness (QED) is 0.918. The fourth-order valence-electron chi connectivity index (χ4n) is 3.01. The molecule has 4 rings (SSSR count). The number of aromatic nitrogens is 2. The highest BCUT2D eigenvalue weighted by Gasteiger charge is 2.23. The maximum absolute atomic E-state index is 5.40. The lowest BCUT2D eigenvalue weighted by Gasteiger charge is -2.27. The fraction of sp³-hybridized carbons (Fsp3) is 0.571. The third-order valence-corrected chi connectivity index (χ3v) is 5.14. The van der Waals surface area contributed by atoms with Crippen molar-refractivity contribution in [3.63, 3.8) is 0 Å². The highest BCUT2D eigenvalue weighted by Crippen LogP contribution is 2.39. The molecule has 0 bridgehead atoms. The van der Waals surface area contributed by atoms with E-state index in [1.54, 1.807) is 0 Å². The summed E-state index contributed by atoms with van der Waals surface area (Å²) in [5.41, 5.74) is 4.96. The molecule has 106 valence electrons. The normalized spacial score (nSPS) is 19.4. The Hall–Kier alpha value is -1.24. The number of rotatable bonds is 2. The Balaban J connectivity index is 1.76. The summed E-state index contributed by atoms with van der Waals surface area (Å²) in [7, 11) is 0. The van der Waals surface area contributed by atoms with E-state index in [2.05, 4.69) is 20.4 Å². The van der Waals surface area contributed by atoms with E-state index in [9.17, 15) is 0 Å². The van der Waals surface area contributed by atoms with Gasteiger partial charge in [-0.2, -0.15) is 0 Å². The molecule has 2 aromatic rings. The van der Waals surface area contributed by atoms with Gasteiger partial charge in [0.15, 0.2) is 5.82 Å². The van der Waals surface area contributed by atoms with Crippen LogP contribution in [-0.4, -0.2) is 41.3 Å². The number of hydrogen-bond donors (Lipinski definition) is 1. The maximum atomic E-state index is 5.40. The molecule has 0 saturated carbocycles. The number of fused-ring (bicyclic) bond motifs is 3. The lowest BCUT2D eigenvalue weighted by molar-refractivity contribution is 0.0495. The average molecular weight is 290 g/mol. The SMILES string of the molecule is Cc1nc(NN2CCOCC2)c2c3c(sc2n1)CCC3. The minimum absolute atomic E-state index is 0.780. The van der Waals surface area contributed by atoms with Crippen LogP contribution in [0.3, 0.4) is 0 Å². The van der Waals surface area contributed by atoms with Gasteiger partial charge in [0.25, 0.3) is 0 Å². The molecule has 0 unspecified atom stereocenters. The van der Waals surface area contributed by atoms with Crippen molar-refractivity contribution in [3.8, 4) is 0 Å². The molecule has 1 saturated heterocycles. The molecule has 3 heterocycles. The number of aryl methyl sites for hydroxylation is 3. The van der Waals surface area contributed by atoms with E-state index < -0.39 is 0 Å². The van der Waals surface area contributed by atoms with Crippen molar-refractivity contribution < 1.29 is 4.74 Å². The number of ether oxygens (including phenoxy) is 1. The van der Waals surface area contributed by atoms with Crippen molar-refractivity contribution in [1.82, 2.24) is 15.0 Å². The van der Waals surface area contributed by atoms with Crippen LogP contribution in [0.4, 0.5) is 5.82 Å². The van der Waals surface area contributed by atoms with Crippen LogP contribution < -0.4 is 5.43 Å². The molecule has 0 spiro atoms. The zero-order valence-corrected chi connectivity index (χ0v) is 12.4. The largest absolute Gasteiger partial charge is 0.379 e. The van der Waals surface area contributed by atoms with Crippen molar-refractivity contribution in [2.24, 2.45) is 0 Å². The molecule has 1 aliphatic carbocycles. The van der Waals surface area contributed by atoms with Crippen LogP contribution in [0, 0.1) is 6.92 Å². The summed E-state index contributed by atoms with van der Waals surface area (Å²) in [6.07, 6.45) is 3.63. The number of hydrogen-bond acceptors (Lipinski definition) is 6. The Morgan fingerprint density at radius 3 is 2.90 bits per heavy atom. The summed E-state index contributed by atoms with van der Waals surface area (Å²) in [5, 5.41) is 3.45. The van der Waals surface area contributed by atoms with Crippen LogP contribution in [0.25, 0.3) is 10.2 Å². The first-order valence-electron chi connectivity index (χ1n) is 7.19. The van der Waals surface area contributed by atoms with Gasteiger partial charge < -0.3 is 10.2 Å². The molecule has 1 aliphatic heterocycles. The van der Waals surface area contributed by atoms with Crippen molar-refractivity contribution in [2.75, 3.05) is 31.7 Å². The molecule has 2 aromatic heterocycles. The van der Waals surface area contributed by atoms with Gasteiger partial charge in [-0.05, 0) is 31.7 Å². The van der Waals surface area contributed by atoms with E-state index in [0.717, 1.165) is 42.8 Å². The van der Waals surface area contributed by atoms with Gasteiger partial charge in [-0.3, -0.25) is 0 Å². The minimum atomic E-state index is 0.780. The second kappa shape index (κ2) is 4.95. The van der Waals surface area contributed by atoms with Gasteiger partial charge in [-0.1, -0.05) is 0 Å². The summed E-state index contributed by atoms with van der Waals surface area (Å²) in [6.45, 7) is 5.33. The zero-order valence-electron chi connectivity index (χ0n) is 11.6. The molecule has 0 radical (unpaired) electrons. The summed E-state index contributed by atoms with van der Waals surface area (Å²) < 4.78 is 5.40. The Kier molecular flexibility index (Phi) is 3.09. The first kappa shape index (κ1) is 12.5. The number of nitrogens with zero attached hydrogens (tertiary/aromatic N) is 3. The monoisotopic (exact) mass is 290 g/mol. The van der Waals surface area contributed by atoms with Crippen LogP contribution >= 0.6 is 11.3 Å². The molecule has 1 N–H and O–H groups in total. The van der Waals surface area contributed by atoms with E-state index in [-0.39, 0.29) is 0 Å². The van der Waals surface area contributed by atoms with Crippen molar-refractivity contribution in [3.05, 3.63) is 16.3 Å². The molecule has 1 fully saturated rings. The third-order valence-electron chi connectivity index (χ3n) is 3.95. The number of anilines is 1. The van der Waals surface area contributed by atoms with Crippen molar-refractivity contribution in [1.29, 1.82) is 0 Å². The first-order valence-corrected chi connectivity index (χ1v) is 8.01. The van der Waals surface area contributed by atoms with E-state index in [1.165, 1.54) is 35.1 Å². The molecule has 0 aromatic carbocycles. The van der Waals surface area contributed by atoms with Gasteiger partial charge in [-0.15, -0.1) is 11.3 Å². The van der Waals surface area contributed by atoms with Crippen LogP contribution in [0.5, 0.6) is 0 Å². The average Bonchev–Trinajstić information content (AvgIpc) is 2.99. The maximum Gasteiger partial charge on any atom is 0.153 e. The van der Waals surface area contributed by atoms with Gasteiger partial charge in [0.2, 0.25) is 0 Å². The second-order valence-electron chi connectivity index (χ2n) is 5.37. The molecule has 2 aliphatic rings. The first-order chi connectivity index (χ1) is 9.81. The van der Waals surface area contributed by atoms with Gasteiger partial charge >= 0.3 is 0 Å². The summed E-state index contributed by atoms with van der Waals surface area (Å²) >= 11 is 1.84. The number of thiophene rings is 1. The van der Waals surface area contributed by atoms with Crippen LogP contribution in [-0.2, 0) is 17.6 Å². The Morgan fingerprint density at radius 2 is 2.05 bits per heavy atom. The standard InChI is InChI=1S/C14H18N4OS/c1-9-15-13(17-18-5-7-19-8-6-18)12-10-3-2-4-11(10)20-14(12)16-9/h2-8H2,1H3,(H,15,16,17). The predicted molar refractivity (Wildman–Crippen MR) is 80.2 cm³/mol. The van der Waals surface area contributed by atoms with Crippen molar-refractivity contribution in [2.45, 2.75) is 26.2 Å². The lowest BCUT2D eigenvalue weighted by atomic mass is 10.2. The Labute approximate surface area is 121 Å². The summed E-state index contributed by atoms with van der Waals surface area (Å²) in [4.78, 5) is 11.9. The number of hydrazine groups is 1. The van der Waals surface area contributed by atoms with E-state index >= 15 is 0 Å². The minimum Gasteiger partial charge on any atom is -0.379 e. The highest BCUT2D eigenvalue weighted by atomic mass is 32.1. The van der Waals surface area contributed by atoms with Crippen molar-refractivity contribution >= 4 is 27.4 Å². The summed E-state index contributed by atoms with van der Waals surface area (Å²) in [6, 6.07) is 0. The predicted octanol–water partition coefficient (Wildman–Crippen LogP) is 2.15. The molecular weight excluding hydrogens is 272 g/mol. The van der Waals surface area contributed by atoms with Gasteiger partial charge in [0, 0.05) is 18.0 Å². The lowest BCUT2D eigenvalue weighted by Crippen LogP contribution is -2.40. The fourth-order valence-corrected chi connectivity index (χ4v) is 4.32. The molecule has 0 atom stereocenters. The van der Waals surface area contributed by atoms with Crippen LogP contribution in [0.1, 0.15) is 22.7 Å². The van der Waals surface area contributed by atoms with Gasteiger partial charge in [-0.25, -0.2) is 15.0 Å². The van der Waals surface area contributed by atoms with Gasteiger partial charge in [0.1, 0.15) is 10.7 Å². The van der Waals surface area contributed by atoms with E-state index in [0.29, 0.717) is 0 Å². The van der Waals surface area contributed by atoms with Gasteiger partial charge in [0.05, 0.1) is 18.6 Å². The second-order valence-corrected chi connectivity index (χ2v) is 6.45. The topological polar surface area (TPSA) is 50.3 Å². The third kappa shape index (κ3) is 2.08. The number of nitrogens with one attached hydrogen (secondary N) is 1. The van der Waals surface area contributed by atoms with E-state index in [1.807, 2.05) is 18.3 Å². The van der Waals surface area contributed by atoms with Crippen LogP contribution in [0.2, 0.25) is 0 Å². The molecular formula is C14H18N4OS. The summed E-state index contributed by atoms with van der Waals surface area (Å²) in [5.74, 6) is 1.82. The number of morpholine rings is 1. The Morgan fingerprint density at radius 1 is 1.20 bits per heavy atom. The molecule has 6 heteroatoms.